The Morgan fingerprint density at radius 1 is 1.33 bits per heavy atom. The van der Waals surface area contributed by atoms with Crippen molar-refractivity contribution in [2.75, 3.05) is 39.9 Å². The quantitative estimate of drug-likeness (QED) is 0.663. The zero-order chi connectivity index (χ0) is 9.03. The van der Waals surface area contributed by atoms with Gasteiger partial charge in [-0.3, -0.25) is 4.90 Å². The molecule has 1 rings (SSSR count). The number of morpholine rings is 1. The van der Waals surface area contributed by atoms with E-state index in [2.05, 4.69) is 24.1 Å². The van der Waals surface area contributed by atoms with E-state index in [0.717, 1.165) is 32.8 Å². The van der Waals surface area contributed by atoms with Crippen LogP contribution in [-0.2, 0) is 4.74 Å². The van der Waals surface area contributed by atoms with Crippen LogP contribution < -0.4 is 5.32 Å². The Morgan fingerprint density at radius 2 is 1.92 bits per heavy atom. The Morgan fingerprint density at radius 3 is 2.42 bits per heavy atom. The third kappa shape index (κ3) is 2.44. The maximum Gasteiger partial charge on any atom is 0.0594 e. The highest BCUT2D eigenvalue weighted by Crippen LogP contribution is 2.14. The summed E-state index contributed by atoms with van der Waals surface area (Å²) in [6.45, 7) is 9.47. The SMILES string of the molecule is CNCC(C)(C)N1CCOCC1. The predicted molar refractivity (Wildman–Crippen MR) is 50.4 cm³/mol. The molecule has 0 aromatic carbocycles. The highest BCUT2D eigenvalue weighted by molar-refractivity contribution is 4.84. The minimum Gasteiger partial charge on any atom is -0.379 e. The predicted octanol–water partition coefficient (Wildman–Crippen LogP) is 0.317. The van der Waals surface area contributed by atoms with E-state index in [-0.39, 0.29) is 5.54 Å². The second-order valence-electron chi connectivity index (χ2n) is 3.94. The summed E-state index contributed by atoms with van der Waals surface area (Å²) in [6.07, 6.45) is 0. The van der Waals surface area contributed by atoms with Crippen LogP contribution in [-0.4, -0.2) is 50.3 Å². The largest absolute Gasteiger partial charge is 0.379 e. The molecule has 3 nitrogen and oxygen atoms in total. The lowest BCUT2D eigenvalue weighted by Gasteiger charge is -2.40. The molecule has 0 unspecified atom stereocenters. The van der Waals surface area contributed by atoms with Gasteiger partial charge in [0.25, 0.3) is 0 Å². The fraction of sp³-hybridized carbons (Fsp3) is 1.00. The zero-order valence-corrected chi connectivity index (χ0v) is 8.39. The van der Waals surface area contributed by atoms with Gasteiger partial charge in [-0.25, -0.2) is 0 Å². The van der Waals surface area contributed by atoms with Gasteiger partial charge in [0.15, 0.2) is 0 Å². The number of ether oxygens (including phenoxy) is 1. The maximum atomic E-state index is 5.31. The van der Waals surface area contributed by atoms with Crippen molar-refractivity contribution in [2.24, 2.45) is 0 Å². The number of nitrogens with one attached hydrogen (secondary N) is 1. The summed E-state index contributed by atoms with van der Waals surface area (Å²) in [5.74, 6) is 0. The van der Waals surface area contributed by atoms with Gasteiger partial charge in [-0.15, -0.1) is 0 Å². The second kappa shape index (κ2) is 4.21. The van der Waals surface area contributed by atoms with Crippen LogP contribution in [0.25, 0.3) is 0 Å². The molecule has 0 aliphatic carbocycles. The molecule has 1 heterocycles. The van der Waals surface area contributed by atoms with Gasteiger partial charge >= 0.3 is 0 Å². The van der Waals surface area contributed by atoms with Crippen LogP contribution in [0.5, 0.6) is 0 Å². The van der Waals surface area contributed by atoms with Crippen LogP contribution in [0, 0.1) is 0 Å². The minimum absolute atomic E-state index is 0.262. The number of rotatable bonds is 3. The van der Waals surface area contributed by atoms with E-state index in [9.17, 15) is 0 Å². The molecule has 12 heavy (non-hydrogen) atoms. The van der Waals surface area contributed by atoms with Crippen molar-refractivity contribution in [2.45, 2.75) is 19.4 Å². The average molecular weight is 172 g/mol. The van der Waals surface area contributed by atoms with E-state index in [1.54, 1.807) is 0 Å². The molecule has 0 aromatic rings. The van der Waals surface area contributed by atoms with E-state index in [0.29, 0.717) is 0 Å². The molecule has 1 aliphatic rings. The Balaban J connectivity index is 2.41. The summed E-state index contributed by atoms with van der Waals surface area (Å²) in [7, 11) is 2.00. The van der Waals surface area contributed by atoms with Crippen LogP contribution in [0.3, 0.4) is 0 Å². The van der Waals surface area contributed by atoms with Crippen LogP contribution in [0.2, 0.25) is 0 Å². The zero-order valence-electron chi connectivity index (χ0n) is 8.39. The normalized spacial score (nSPS) is 21.2. The molecule has 3 heteroatoms. The standard InChI is InChI=1S/C9H20N2O/c1-9(2,8-10-3)11-4-6-12-7-5-11/h10H,4-8H2,1-3H3. The van der Waals surface area contributed by atoms with Crippen molar-refractivity contribution in [3.63, 3.8) is 0 Å². The molecule has 0 saturated carbocycles. The first-order chi connectivity index (χ1) is 5.67. The number of likely N-dealkylation sites (N-methyl/N-ethyl adjacent to an activating group) is 1. The van der Waals surface area contributed by atoms with Crippen molar-refractivity contribution in [1.82, 2.24) is 10.2 Å². The molecule has 1 aliphatic heterocycles. The van der Waals surface area contributed by atoms with E-state index in [1.165, 1.54) is 0 Å². The summed E-state index contributed by atoms with van der Waals surface area (Å²) in [5, 5.41) is 3.22. The van der Waals surface area contributed by atoms with Crippen molar-refractivity contribution in [1.29, 1.82) is 0 Å². The van der Waals surface area contributed by atoms with Crippen LogP contribution in [0.1, 0.15) is 13.8 Å². The molecular weight excluding hydrogens is 152 g/mol. The third-order valence-electron chi connectivity index (χ3n) is 2.48. The summed E-state index contributed by atoms with van der Waals surface area (Å²) in [5.41, 5.74) is 0.262. The van der Waals surface area contributed by atoms with Gasteiger partial charge in [0.05, 0.1) is 13.2 Å². The smallest absolute Gasteiger partial charge is 0.0594 e. The van der Waals surface area contributed by atoms with E-state index < -0.39 is 0 Å². The lowest BCUT2D eigenvalue weighted by atomic mass is 10.0. The summed E-state index contributed by atoms with van der Waals surface area (Å²) in [6, 6.07) is 0. The highest BCUT2D eigenvalue weighted by atomic mass is 16.5. The minimum atomic E-state index is 0.262. The molecule has 72 valence electrons. The lowest BCUT2D eigenvalue weighted by molar-refractivity contribution is -0.00903. The first-order valence-corrected chi connectivity index (χ1v) is 4.64. The maximum absolute atomic E-state index is 5.31. The first kappa shape index (κ1) is 9.96. The van der Waals surface area contributed by atoms with Gasteiger partial charge in [0, 0.05) is 25.2 Å². The summed E-state index contributed by atoms with van der Waals surface area (Å²) >= 11 is 0. The Kier molecular flexibility index (Phi) is 3.50. The van der Waals surface area contributed by atoms with Gasteiger partial charge in [0.2, 0.25) is 0 Å². The fourth-order valence-corrected chi connectivity index (χ4v) is 1.71. The summed E-state index contributed by atoms with van der Waals surface area (Å²) in [4.78, 5) is 2.48. The van der Waals surface area contributed by atoms with Crippen molar-refractivity contribution in [3.8, 4) is 0 Å². The molecule has 1 N–H and O–H groups in total. The molecule has 0 spiro atoms. The molecule has 0 amide bonds. The Bertz CT molecular complexity index is 130. The third-order valence-corrected chi connectivity index (χ3v) is 2.48. The van der Waals surface area contributed by atoms with E-state index in [4.69, 9.17) is 4.74 Å². The molecular formula is C9H20N2O. The number of hydrogen-bond donors (Lipinski definition) is 1. The Labute approximate surface area is 75.1 Å². The van der Waals surface area contributed by atoms with Crippen molar-refractivity contribution in [3.05, 3.63) is 0 Å². The van der Waals surface area contributed by atoms with Gasteiger partial charge in [-0.05, 0) is 20.9 Å². The first-order valence-electron chi connectivity index (χ1n) is 4.64. The van der Waals surface area contributed by atoms with E-state index in [1.807, 2.05) is 7.05 Å². The summed E-state index contributed by atoms with van der Waals surface area (Å²) < 4.78 is 5.31. The molecule has 1 fully saturated rings. The van der Waals surface area contributed by atoms with E-state index >= 15 is 0 Å². The lowest BCUT2D eigenvalue weighted by Crippen LogP contribution is -2.54. The molecule has 1 saturated heterocycles. The monoisotopic (exact) mass is 172 g/mol. The molecule has 0 aromatic heterocycles. The van der Waals surface area contributed by atoms with Crippen LogP contribution in [0.4, 0.5) is 0 Å². The van der Waals surface area contributed by atoms with Gasteiger partial charge in [0.1, 0.15) is 0 Å². The van der Waals surface area contributed by atoms with Crippen molar-refractivity contribution >= 4 is 0 Å². The van der Waals surface area contributed by atoms with Gasteiger partial charge in [-0.1, -0.05) is 0 Å². The molecule has 0 bridgehead atoms. The molecule has 0 radical (unpaired) electrons. The van der Waals surface area contributed by atoms with Gasteiger partial charge < -0.3 is 10.1 Å². The van der Waals surface area contributed by atoms with Crippen molar-refractivity contribution < 1.29 is 4.74 Å². The van der Waals surface area contributed by atoms with Crippen LogP contribution in [0.15, 0.2) is 0 Å². The number of nitrogens with zero attached hydrogens (tertiary/aromatic N) is 1. The topological polar surface area (TPSA) is 24.5 Å². The molecule has 0 atom stereocenters. The van der Waals surface area contributed by atoms with Crippen LogP contribution >= 0.6 is 0 Å². The second-order valence-corrected chi connectivity index (χ2v) is 3.94. The average Bonchev–Trinajstić information content (AvgIpc) is 2.06. The number of hydrogen-bond acceptors (Lipinski definition) is 3. The highest BCUT2D eigenvalue weighted by Gasteiger charge is 2.26. The fourth-order valence-electron chi connectivity index (χ4n) is 1.71. The Hall–Kier alpha value is -0.120. The van der Waals surface area contributed by atoms with Gasteiger partial charge in [-0.2, -0.15) is 0 Å².